The van der Waals surface area contributed by atoms with E-state index in [0.29, 0.717) is 11.8 Å². The van der Waals surface area contributed by atoms with Crippen LogP contribution in [0.2, 0.25) is 0 Å². The highest BCUT2D eigenvalue weighted by molar-refractivity contribution is 5.24. The molecule has 0 spiro atoms. The normalized spacial score (nSPS) is 13.1. The van der Waals surface area contributed by atoms with Gasteiger partial charge in [-0.25, -0.2) is 9.97 Å². The van der Waals surface area contributed by atoms with Crippen molar-refractivity contribution in [1.82, 2.24) is 15.3 Å². The molecule has 0 amide bonds. The molecule has 0 aliphatic carbocycles. The predicted octanol–water partition coefficient (Wildman–Crippen LogP) is 3.35. The highest BCUT2D eigenvalue weighted by atomic mass is 14.9. The summed E-state index contributed by atoms with van der Waals surface area (Å²) in [6, 6.07) is 0. The molecule has 1 heterocycles. The van der Waals surface area contributed by atoms with E-state index in [1.807, 2.05) is 0 Å². The molecule has 1 atom stereocenters. The maximum absolute atomic E-state index is 4.65. The third-order valence-corrected chi connectivity index (χ3v) is 3.35. The van der Waals surface area contributed by atoms with Gasteiger partial charge in [-0.2, -0.15) is 0 Å². The monoisotopic (exact) mass is 249 g/mol. The number of hydrogen-bond acceptors (Lipinski definition) is 3. The molecule has 1 aromatic rings. The third-order valence-electron chi connectivity index (χ3n) is 3.35. The minimum absolute atomic E-state index is 0.445. The largest absolute Gasteiger partial charge is 0.312 e. The number of rotatable bonds is 6. The average Bonchev–Trinajstić information content (AvgIpc) is 2.31. The summed E-state index contributed by atoms with van der Waals surface area (Å²) >= 11 is 0. The topological polar surface area (TPSA) is 37.8 Å². The Bertz CT molecular complexity index is 362. The van der Waals surface area contributed by atoms with Crippen LogP contribution in [0.5, 0.6) is 0 Å². The Balaban J connectivity index is 2.81. The summed E-state index contributed by atoms with van der Waals surface area (Å²) in [6.07, 6.45) is 1.09. The van der Waals surface area contributed by atoms with E-state index in [0.717, 1.165) is 36.7 Å². The maximum atomic E-state index is 4.65. The number of hydrogen-bond donors (Lipinski definition) is 1. The van der Waals surface area contributed by atoms with Gasteiger partial charge >= 0.3 is 0 Å². The van der Waals surface area contributed by atoms with Crippen LogP contribution in [0.3, 0.4) is 0 Å². The highest BCUT2D eigenvalue weighted by Gasteiger charge is 2.12. The molecule has 3 heteroatoms. The van der Waals surface area contributed by atoms with E-state index in [1.54, 1.807) is 0 Å². The molecule has 0 aliphatic rings. The van der Waals surface area contributed by atoms with Gasteiger partial charge in [-0.15, -0.1) is 0 Å². The van der Waals surface area contributed by atoms with Gasteiger partial charge in [0.25, 0.3) is 0 Å². The second-order valence-corrected chi connectivity index (χ2v) is 5.57. The summed E-state index contributed by atoms with van der Waals surface area (Å²) in [5, 5.41) is 3.47. The predicted molar refractivity (Wildman–Crippen MR) is 76.8 cm³/mol. The van der Waals surface area contributed by atoms with Crippen molar-refractivity contribution in [2.24, 2.45) is 5.92 Å². The molecule has 1 aromatic heterocycles. The molecule has 18 heavy (non-hydrogen) atoms. The fraction of sp³-hybridized carbons (Fsp3) is 0.733. The zero-order valence-corrected chi connectivity index (χ0v) is 12.7. The first-order valence-corrected chi connectivity index (χ1v) is 7.00. The minimum atomic E-state index is 0.445. The fourth-order valence-electron chi connectivity index (χ4n) is 1.91. The Morgan fingerprint density at radius 1 is 1.06 bits per heavy atom. The van der Waals surface area contributed by atoms with E-state index in [1.165, 1.54) is 5.56 Å². The lowest BCUT2D eigenvalue weighted by Crippen LogP contribution is -2.21. The molecule has 0 saturated heterocycles. The Hall–Kier alpha value is -0.960. The molecule has 0 fully saturated rings. The third kappa shape index (κ3) is 4.05. The summed E-state index contributed by atoms with van der Waals surface area (Å²) in [4.78, 5) is 9.30. The lowest BCUT2D eigenvalue weighted by Gasteiger charge is -2.15. The van der Waals surface area contributed by atoms with Gasteiger partial charge in [0.05, 0.1) is 0 Å². The SMILES string of the molecule is CCC(C)c1nc(C)c(CNCC(C)C)c(C)n1. The van der Waals surface area contributed by atoms with E-state index in [4.69, 9.17) is 0 Å². The molecule has 1 N–H and O–H groups in total. The molecule has 1 rings (SSSR count). The van der Waals surface area contributed by atoms with Gasteiger partial charge in [-0.1, -0.05) is 27.7 Å². The van der Waals surface area contributed by atoms with E-state index >= 15 is 0 Å². The zero-order chi connectivity index (χ0) is 13.7. The first kappa shape index (κ1) is 15.1. The second kappa shape index (κ2) is 6.83. The summed E-state index contributed by atoms with van der Waals surface area (Å²) in [7, 11) is 0. The van der Waals surface area contributed by atoms with Crippen LogP contribution in [-0.2, 0) is 6.54 Å². The van der Waals surface area contributed by atoms with Crippen LogP contribution in [0.25, 0.3) is 0 Å². The van der Waals surface area contributed by atoms with Crippen molar-refractivity contribution in [3.63, 3.8) is 0 Å². The van der Waals surface area contributed by atoms with Gasteiger partial charge in [0, 0.05) is 29.4 Å². The van der Waals surface area contributed by atoms with Crippen LogP contribution in [0.4, 0.5) is 0 Å². The van der Waals surface area contributed by atoms with Gasteiger partial charge in [-0.3, -0.25) is 0 Å². The minimum Gasteiger partial charge on any atom is -0.312 e. The van der Waals surface area contributed by atoms with Gasteiger partial charge < -0.3 is 5.32 Å². The van der Waals surface area contributed by atoms with Crippen molar-refractivity contribution in [3.05, 3.63) is 22.8 Å². The molecular formula is C15H27N3. The molecule has 3 nitrogen and oxygen atoms in total. The van der Waals surface area contributed by atoms with Gasteiger partial charge in [-0.05, 0) is 32.7 Å². The summed E-state index contributed by atoms with van der Waals surface area (Å²) in [5.74, 6) is 2.10. The van der Waals surface area contributed by atoms with Gasteiger partial charge in [0.1, 0.15) is 5.82 Å². The van der Waals surface area contributed by atoms with Crippen LogP contribution in [-0.4, -0.2) is 16.5 Å². The number of nitrogens with zero attached hydrogens (tertiary/aromatic N) is 2. The first-order chi connectivity index (χ1) is 8.45. The molecular weight excluding hydrogens is 222 g/mol. The molecule has 102 valence electrons. The number of nitrogens with one attached hydrogen (secondary N) is 1. The number of aryl methyl sites for hydroxylation is 2. The molecule has 0 aliphatic heterocycles. The lowest BCUT2D eigenvalue weighted by atomic mass is 10.1. The van der Waals surface area contributed by atoms with Gasteiger partial charge in [0.15, 0.2) is 0 Å². The van der Waals surface area contributed by atoms with E-state index in [9.17, 15) is 0 Å². The van der Waals surface area contributed by atoms with E-state index in [-0.39, 0.29) is 0 Å². The second-order valence-electron chi connectivity index (χ2n) is 5.57. The Labute approximate surface area is 111 Å². The first-order valence-electron chi connectivity index (χ1n) is 7.00. The van der Waals surface area contributed by atoms with Crippen LogP contribution in [0.1, 0.15) is 62.8 Å². The summed E-state index contributed by atoms with van der Waals surface area (Å²) in [5.41, 5.74) is 3.49. The lowest BCUT2D eigenvalue weighted by molar-refractivity contribution is 0.547. The van der Waals surface area contributed by atoms with E-state index in [2.05, 4.69) is 56.8 Å². The van der Waals surface area contributed by atoms with Crippen LogP contribution in [0.15, 0.2) is 0 Å². The molecule has 0 radical (unpaired) electrons. The van der Waals surface area contributed by atoms with Crippen LogP contribution < -0.4 is 5.32 Å². The molecule has 1 unspecified atom stereocenters. The van der Waals surface area contributed by atoms with Gasteiger partial charge in [0.2, 0.25) is 0 Å². The fourth-order valence-corrected chi connectivity index (χ4v) is 1.91. The van der Waals surface area contributed by atoms with Crippen molar-refractivity contribution in [2.45, 2.75) is 60.4 Å². The standard InChI is InChI=1S/C15H27N3/c1-7-11(4)15-17-12(5)14(13(6)18-15)9-16-8-10(2)3/h10-11,16H,7-9H2,1-6H3. The average molecular weight is 249 g/mol. The Morgan fingerprint density at radius 2 is 1.61 bits per heavy atom. The summed E-state index contributed by atoms with van der Waals surface area (Å²) in [6.45, 7) is 14.9. The van der Waals surface area contributed by atoms with Crippen molar-refractivity contribution < 1.29 is 0 Å². The molecule has 0 aromatic carbocycles. The van der Waals surface area contributed by atoms with Crippen molar-refractivity contribution in [1.29, 1.82) is 0 Å². The summed E-state index contributed by atoms with van der Waals surface area (Å²) < 4.78 is 0. The smallest absolute Gasteiger partial charge is 0.131 e. The molecule has 0 saturated carbocycles. The van der Waals surface area contributed by atoms with Crippen molar-refractivity contribution in [2.75, 3.05) is 6.54 Å². The van der Waals surface area contributed by atoms with Crippen LogP contribution >= 0.6 is 0 Å². The quantitative estimate of drug-likeness (QED) is 0.840. The van der Waals surface area contributed by atoms with E-state index < -0.39 is 0 Å². The highest BCUT2D eigenvalue weighted by Crippen LogP contribution is 2.18. The zero-order valence-electron chi connectivity index (χ0n) is 12.7. The van der Waals surface area contributed by atoms with Crippen molar-refractivity contribution in [3.8, 4) is 0 Å². The Kier molecular flexibility index (Phi) is 5.73. The maximum Gasteiger partial charge on any atom is 0.131 e. The van der Waals surface area contributed by atoms with Crippen molar-refractivity contribution >= 4 is 0 Å². The molecule has 0 bridgehead atoms. The van der Waals surface area contributed by atoms with Crippen LogP contribution in [0, 0.1) is 19.8 Å². The Morgan fingerprint density at radius 3 is 2.06 bits per heavy atom. The number of aromatic nitrogens is 2.